The zero-order valence-electron chi connectivity index (χ0n) is 24.7. The lowest BCUT2D eigenvalue weighted by atomic mass is 9.77. The van der Waals surface area contributed by atoms with Crippen LogP contribution in [0.4, 0.5) is 23.2 Å². The van der Waals surface area contributed by atoms with Crippen LogP contribution in [0.5, 0.6) is 0 Å². The highest BCUT2D eigenvalue weighted by atomic mass is 35.5. The highest BCUT2D eigenvalue weighted by Gasteiger charge is 2.57. The summed E-state index contributed by atoms with van der Waals surface area (Å²) in [4.78, 5) is 40.6. The second-order valence-electron chi connectivity index (χ2n) is 11.7. The summed E-state index contributed by atoms with van der Waals surface area (Å²) in [5.74, 6) is -11.1. The molecule has 0 bridgehead atoms. The first-order valence-corrected chi connectivity index (χ1v) is 16.3. The third-order valence-electron chi connectivity index (χ3n) is 8.80. The van der Waals surface area contributed by atoms with E-state index in [2.05, 4.69) is 10.3 Å². The number of fused-ring (bicyclic) bond motifs is 2. The summed E-state index contributed by atoms with van der Waals surface area (Å²) < 4.78 is 57.3. The first kappa shape index (κ1) is 33.5. The summed E-state index contributed by atoms with van der Waals surface area (Å²) in [6.07, 6.45) is 3.88. The Kier molecular flexibility index (Phi) is 8.66. The fraction of sp³-hybridized carbons (Fsp3) is 0.250. The van der Waals surface area contributed by atoms with Crippen molar-refractivity contribution in [2.75, 3.05) is 11.4 Å². The zero-order chi connectivity index (χ0) is 34.9. The van der Waals surface area contributed by atoms with Gasteiger partial charge in [-0.2, -0.15) is 10.2 Å². The summed E-state index contributed by atoms with van der Waals surface area (Å²) in [5.41, 5.74) is 1.16. The quantitative estimate of drug-likeness (QED) is 0.150. The number of hydrogen-bond acceptors (Lipinski definition) is 7. The van der Waals surface area contributed by atoms with E-state index in [1.54, 1.807) is 30.3 Å². The van der Waals surface area contributed by atoms with Crippen molar-refractivity contribution in [2.45, 2.75) is 37.4 Å². The maximum Gasteiger partial charge on any atom is 0.264 e. The summed E-state index contributed by atoms with van der Waals surface area (Å²) in [6.45, 7) is -0.659. The second-order valence-corrected chi connectivity index (χ2v) is 13.4. The summed E-state index contributed by atoms with van der Waals surface area (Å²) in [7, 11) is 0. The van der Waals surface area contributed by atoms with Gasteiger partial charge in [0.2, 0.25) is 0 Å². The van der Waals surface area contributed by atoms with Gasteiger partial charge in [-0.15, -0.1) is 0 Å². The van der Waals surface area contributed by atoms with Crippen molar-refractivity contribution in [3.63, 3.8) is 0 Å². The Morgan fingerprint density at radius 2 is 1.55 bits per heavy atom. The Labute approximate surface area is 295 Å². The van der Waals surface area contributed by atoms with Crippen LogP contribution in [0.2, 0.25) is 20.1 Å². The maximum atomic E-state index is 14.6. The second kappa shape index (κ2) is 12.7. The van der Waals surface area contributed by atoms with Crippen LogP contribution in [0, 0.1) is 29.2 Å². The molecule has 1 saturated carbocycles. The van der Waals surface area contributed by atoms with E-state index in [1.165, 1.54) is 11.1 Å². The Hall–Kier alpha value is -4.04. The first-order valence-electron chi connectivity index (χ1n) is 14.8. The van der Waals surface area contributed by atoms with E-state index in [-0.39, 0.29) is 21.9 Å². The van der Waals surface area contributed by atoms with E-state index in [0.717, 1.165) is 17.0 Å². The minimum Gasteiger partial charge on any atom is -0.271 e. The molecule has 1 aliphatic carbocycles. The van der Waals surface area contributed by atoms with E-state index in [0.29, 0.717) is 44.7 Å². The van der Waals surface area contributed by atoms with Gasteiger partial charge in [-0.05, 0) is 66.3 Å². The molecule has 0 aromatic heterocycles. The monoisotopic (exact) mass is 752 g/mol. The number of imide groups is 1. The highest BCUT2D eigenvalue weighted by molar-refractivity contribution is 6.36. The number of benzene rings is 3. The van der Waals surface area contributed by atoms with Gasteiger partial charge in [0, 0.05) is 32.1 Å². The lowest BCUT2D eigenvalue weighted by Gasteiger charge is -2.31. The average Bonchev–Trinajstić information content (AvgIpc) is 3.72. The van der Waals surface area contributed by atoms with Gasteiger partial charge in [-0.1, -0.05) is 63.8 Å². The largest absolute Gasteiger partial charge is 0.271 e. The van der Waals surface area contributed by atoms with Crippen molar-refractivity contribution in [3.05, 3.63) is 103 Å². The third-order valence-corrected chi connectivity index (χ3v) is 9.92. The summed E-state index contributed by atoms with van der Waals surface area (Å²) in [6, 6.07) is 5.91. The van der Waals surface area contributed by atoms with Crippen molar-refractivity contribution >= 4 is 81.6 Å². The van der Waals surface area contributed by atoms with E-state index < -0.39 is 71.3 Å². The number of nitrogens with zero attached hydrogens (tertiary/aromatic N) is 6. The van der Waals surface area contributed by atoms with Crippen molar-refractivity contribution in [1.82, 2.24) is 10.0 Å². The summed E-state index contributed by atoms with van der Waals surface area (Å²) >= 11 is 25.4. The minimum atomic E-state index is -1.94. The van der Waals surface area contributed by atoms with Crippen LogP contribution in [0.1, 0.15) is 36.4 Å². The molecule has 3 amide bonds. The zero-order valence-corrected chi connectivity index (χ0v) is 27.7. The van der Waals surface area contributed by atoms with Crippen LogP contribution in [0.15, 0.2) is 63.5 Å². The van der Waals surface area contributed by atoms with Gasteiger partial charge in [0.25, 0.3) is 17.7 Å². The molecule has 3 heterocycles. The van der Waals surface area contributed by atoms with Crippen molar-refractivity contribution in [1.29, 1.82) is 0 Å². The van der Waals surface area contributed by atoms with Gasteiger partial charge < -0.3 is 0 Å². The van der Waals surface area contributed by atoms with Crippen LogP contribution in [0.25, 0.3) is 6.08 Å². The molecule has 0 radical (unpaired) electrons. The van der Waals surface area contributed by atoms with E-state index in [9.17, 15) is 31.9 Å². The fourth-order valence-corrected chi connectivity index (χ4v) is 7.59. The van der Waals surface area contributed by atoms with Gasteiger partial charge in [0.05, 0.1) is 11.8 Å². The maximum absolute atomic E-state index is 14.6. The van der Waals surface area contributed by atoms with Gasteiger partial charge >= 0.3 is 0 Å². The molecular formula is C32H20Cl4F4N6O3. The molecule has 4 atom stereocenters. The molecule has 0 unspecified atom stereocenters. The molecule has 9 nitrogen and oxygen atoms in total. The third kappa shape index (κ3) is 5.66. The fourth-order valence-electron chi connectivity index (χ4n) is 6.61. The number of hydrazone groups is 1. The van der Waals surface area contributed by atoms with Crippen LogP contribution in [-0.2, 0) is 14.4 Å². The minimum absolute atomic E-state index is 0.0122. The van der Waals surface area contributed by atoms with Crippen molar-refractivity contribution in [3.8, 4) is 0 Å². The number of carbonyl (C=O) groups excluding carboxylic acids is 3. The SMILES string of the molecule is O=C1[C@@H]2N=NN(CC(=O)N3N=C4/C(=C/c5ccc(Cl)cc5Cl)CCC[C@@H]4[C@@H]3c3ccc(Cl)cc3Cl)[C@H]2C(=O)N1c1c(F)c(F)cc(F)c1F. The Balaban J connectivity index is 1.22. The predicted molar refractivity (Wildman–Crippen MR) is 173 cm³/mol. The lowest BCUT2D eigenvalue weighted by molar-refractivity contribution is -0.136. The molecule has 3 aromatic carbocycles. The Morgan fingerprint density at radius 3 is 2.22 bits per heavy atom. The molecule has 1 saturated heterocycles. The molecule has 7 rings (SSSR count). The average molecular weight is 754 g/mol. The van der Waals surface area contributed by atoms with Gasteiger partial charge in [0.1, 0.15) is 12.2 Å². The van der Waals surface area contributed by atoms with Crippen LogP contribution in [0.3, 0.4) is 0 Å². The molecular weight excluding hydrogens is 734 g/mol. The molecule has 17 heteroatoms. The Morgan fingerprint density at radius 1 is 0.878 bits per heavy atom. The number of carbonyl (C=O) groups is 3. The highest BCUT2D eigenvalue weighted by Crippen LogP contribution is 2.47. The van der Waals surface area contributed by atoms with Gasteiger partial charge in [-0.25, -0.2) is 27.5 Å². The van der Waals surface area contributed by atoms with Crippen LogP contribution < -0.4 is 4.90 Å². The molecule has 2 fully saturated rings. The number of halogens is 8. The molecule has 3 aliphatic heterocycles. The lowest BCUT2D eigenvalue weighted by Crippen LogP contribution is -2.45. The number of allylic oxidation sites excluding steroid dienone is 1. The predicted octanol–water partition coefficient (Wildman–Crippen LogP) is 7.97. The number of anilines is 1. The summed E-state index contributed by atoms with van der Waals surface area (Å²) in [5, 5.41) is 16.0. The number of hydrogen-bond donors (Lipinski definition) is 0. The van der Waals surface area contributed by atoms with Gasteiger partial charge in [0.15, 0.2) is 35.4 Å². The molecule has 49 heavy (non-hydrogen) atoms. The van der Waals surface area contributed by atoms with Crippen molar-refractivity contribution in [2.24, 2.45) is 21.4 Å². The number of amides is 3. The van der Waals surface area contributed by atoms with E-state index in [1.807, 2.05) is 6.08 Å². The van der Waals surface area contributed by atoms with Crippen molar-refractivity contribution < 1.29 is 31.9 Å². The Bertz CT molecular complexity index is 2040. The topological polar surface area (TPSA) is 98.0 Å². The normalized spacial score (nSPS) is 23.9. The van der Waals surface area contributed by atoms with Crippen LogP contribution in [-0.4, -0.2) is 52.1 Å². The number of rotatable bonds is 5. The smallest absolute Gasteiger partial charge is 0.264 e. The van der Waals surface area contributed by atoms with Crippen LogP contribution >= 0.6 is 46.4 Å². The molecule has 0 N–H and O–H groups in total. The first-order chi connectivity index (χ1) is 23.3. The molecule has 4 aliphatic rings. The standard InChI is InChI=1S/C32H20Cl4F4N6O3/c33-15-5-4-13(19(35)9-15)8-14-2-1-3-18-26(14)42-46(28(18)17-7-6-16(34)10-20(17)36)23(47)12-44-30-27(41-43-44)31(48)45(32(30)49)29-24(39)21(37)11-22(38)25(29)40/h4-11,18,27-28,30H,1-3,12H2/b14-8+/t18-,27+,28-,30+/m0/s1. The van der Waals surface area contributed by atoms with Gasteiger partial charge in [-0.3, -0.25) is 19.4 Å². The molecule has 252 valence electrons. The van der Waals surface area contributed by atoms with E-state index >= 15 is 0 Å². The van der Waals surface area contributed by atoms with E-state index in [4.69, 9.17) is 51.5 Å². The molecule has 3 aromatic rings. The molecule has 0 spiro atoms.